The van der Waals surface area contributed by atoms with E-state index < -0.39 is 23.7 Å². The van der Waals surface area contributed by atoms with Crippen LogP contribution in [0.4, 0.5) is 9.18 Å². The van der Waals surface area contributed by atoms with Gasteiger partial charge >= 0.3 is 17.8 Å². The second-order valence-corrected chi connectivity index (χ2v) is 4.52. The topological polar surface area (TPSA) is 57.7 Å². The minimum Gasteiger partial charge on any atom is -0.263 e. The lowest BCUT2D eigenvalue weighted by Gasteiger charge is -2.15. The number of nitrogens with zero attached hydrogens (tertiary/aromatic N) is 2. The zero-order valence-corrected chi connectivity index (χ0v) is 11.1. The summed E-state index contributed by atoms with van der Waals surface area (Å²) in [6.45, 7) is 3.18. The van der Waals surface area contributed by atoms with Gasteiger partial charge < -0.3 is 0 Å². The van der Waals surface area contributed by atoms with E-state index >= 15 is 0 Å². The van der Waals surface area contributed by atoms with E-state index in [-0.39, 0.29) is 18.1 Å². The van der Waals surface area contributed by atoms with Gasteiger partial charge in [0.05, 0.1) is 6.54 Å². The Morgan fingerprint density at radius 3 is 2.45 bits per heavy atom. The Bertz CT molecular complexity index is 618. The van der Waals surface area contributed by atoms with Crippen LogP contribution in [-0.2, 0) is 16.1 Å². The number of hydrogen-bond acceptors (Lipinski definition) is 3. The summed E-state index contributed by atoms with van der Waals surface area (Å²) in [4.78, 5) is 36.9. The van der Waals surface area contributed by atoms with Gasteiger partial charge in [-0.1, -0.05) is 23.7 Å². The lowest BCUT2D eigenvalue weighted by atomic mass is 10.2. The van der Waals surface area contributed by atoms with E-state index in [1.165, 1.54) is 12.1 Å². The molecule has 2 rings (SSSR count). The summed E-state index contributed by atoms with van der Waals surface area (Å²) in [7, 11) is 0. The largest absolute Gasteiger partial charge is 0.334 e. The maximum atomic E-state index is 12.9. The second kappa shape index (κ2) is 5.42. The molecule has 0 spiro atoms. The number of urea groups is 1. The molecule has 1 heterocycles. The molecule has 0 bridgehead atoms. The molecule has 0 unspecified atom stereocenters. The minimum absolute atomic E-state index is 0.0446. The Labute approximate surface area is 119 Å². The molecule has 0 aromatic heterocycles. The standard InChI is InChI=1S/C13H10ClFN2O3/c1-2-5-16-11(18)12(19)17(13(16)20)7-8-3-4-9(15)6-10(8)14/h2-4,6H,1,5,7H2. The van der Waals surface area contributed by atoms with E-state index in [0.29, 0.717) is 5.56 Å². The van der Waals surface area contributed by atoms with Gasteiger partial charge in [-0.2, -0.15) is 0 Å². The first-order valence-corrected chi connectivity index (χ1v) is 6.05. The zero-order valence-electron chi connectivity index (χ0n) is 10.3. The summed E-state index contributed by atoms with van der Waals surface area (Å²) in [5.41, 5.74) is 0.378. The van der Waals surface area contributed by atoms with Crippen LogP contribution in [0.1, 0.15) is 5.56 Å². The van der Waals surface area contributed by atoms with Gasteiger partial charge in [0, 0.05) is 11.6 Å². The lowest BCUT2D eigenvalue weighted by Crippen LogP contribution is -2.33. The fourth-order valence-corrected chi connectivity index (χ4v) is 2.03. The van der Waals surface area contributed by atoms with Gasteiger partial charge in [0.1, 0.15) is 5.82 Å². The molecule has 1 aromatic carbocycles. The second-order valence-electron chi connectivity index (χ2n) is 4.11. The molecule has 0 N–H and O–H groups in total. The van der Waals surface area contributed by atoms with Crippen molar-refractivity contribution in [3.8, 4) is 0 Å². The number of benzene rings is 1. The molecule has 4 amide bonds. The van der Waals surface area contributed by atoms with Gasteiger partial charge in [-0.3, -0.25) is 19.4 Å². The Morgan fingerprint density at radius 1 is 1.20 bits per heavy atom. The third kappa shape index (κ3) is 2.42. The van der Waals surface area contributed by atoms with Gasteiger partial charge in [-0.25, -0.2) is 9.18 Å². The van der Waals surface area contributed by atoms with Crippen LogP contribution in [0.15, 0.2) is 30.9 Å². The molecule has 1 aromatic rings. The Kier molecular flexibility index (Phi) is 3.85. The Hall–Kier alpha value is -2.21. The number of hydrogen-bond donors (Lipinski definition) is 0. The smallest absolute Gasteiger partial charge is 0.263 e. The zero-order chi connectivity index (χ0) is 14.9. The van der Waals surface area contributed by atoms with E-state index in [1.807, 2.05) is 0 Å². The van der Waals surface area contributed by atoms with Crippen molar-refractivity contribution in [3.05, 3.63) is 47.3 Å². The average Bonchev–Trinajstić information content (AvgIpc) is 2.59. The van der Waals surface area contributed by atoms with E-state index in [4.69, 9.17) is 11.6 Å². The molecule has 5 nitrogen and oxygen atoms in total. The summed E-state index contributed by atoms with van der Waals surface area (Å²) in [6.07, 6.45) is 1.34. The van der Waals surface area contributed by atoms with Crippen LogP contribution in [0.3, 0.4) is 0 Å². The first-order valence-electron chi connectivity index (χ1n) is 5.68. The van der Waals surface area contributed by atoms with Gasteiger partial charge in [-0.15, -0.1) is 6.58 Å². The van der Waals surface area contributed by atoms with Crippen molar-refractivity contribution >= 4 is 29.4 Å². The molecule has 20 heavy (non-hydrogen) atoms. The molecular formula is C13H10ClFN2O3. The average molecular weight is 297 g/mol. The minimum atomic E-state index is -0.933. The molecule has 0 atom stereocenters. The monoisotopic (exact) mass is 296 g/mol. The van der Waals surface area contributed by atoms with Crippen LogP contribution in [0, 0.1) is 5.82 Å². The molecule has 1 aliphatic heterocycles. The Morgan fingerprint density at radius 2 is 1.85 bits per heavy atom. The third-order valence-corrected chi connectivity index (χ3v) is 3.14. The highest BCUT2D eigenvalue weighted by Gasteiger charge is 2.43. The highest BCUT2D eigenvalue weighted by atomic mass is 35.5. The maximum Gasteiger partial charge on any atom is 0.334 e. The quantitative estimate of drug-likeness (QED) is 0.485. The fraction of sp³-hybridized carbons (Fsp3) is 0.154. The van der Waals surface area contributed by atoms with Crippen LogP contribution in [-0.4, -0.2) is 34.2 Å². The highest BCUT2D eigenvalue weighted by Crippen LogP contribution is 2.22. The summed E-state index contributed by atoms with van der Waals surface area (Å²) < 4.78 is 12.9. The SMILES string of the molecule is C=CCN1C(=O)C(=O)N(Cc2ccc(F)cc2Cl)C1=O. The normalized spacial score (nSPS) is 15.2. The number of amides is 4. The molecule has 0 radical (unpaired) electrons. The molecule has 0 saturated carbocycles. The molecular weight excluding hydrogens is 287 g/mol. The fourth-order valence-electron chi connectivity index (χ4n) is 1.80. The van der Waals surface area contributed by atoms with Crippen molar-refractivity contribution in [1.29, 1.82) is 0 Å². The van der Waals surface area contributed by atoms with E-state index in [9.17, 15) is 18.8 Å². The van der Waals surface area contributed by atoms with Gasteiger partial charge in [0.2, 0.25) is 0 Å². The summed E-state index contributed by atoms with van der Waals surface area (Å²) in [5.74, 6) is -2.37. The Balaban J connectivity index is 2.25. The van der Waals surface area contributed by atoms with Gasteiger partial charge in [0.25, 0.3) is 0 Å². The van der Waals surface area contributed by atoms with E-state index in [1.54, 1.807) is 0 Å². The van der Waals surface area contributed by atoms with Crippen molar-refractivity contribution in [2.75, 3.05) is 6.54 Å². The summed E-state index contributed by atoms with van der Waals surface area (Å²) in [5, 5.41) is 0.0835. The van der Waals surface area contributed by atoms with Crippen LogP contribution in [0.5, 0.6) is 0 Å². The van der Waals surface area contributed by atoms with Crippen LogP contribution in [0.2, 0.25) is 5.02 Å². The number of halogens is 2. The van der Waals surface area contributed by atoms with Gasteiger partial charge in [0.15, 0.2) is 0 Å². The molecule has 1 fully saturated rings. The number of carbonyl (C=O) groups is 3. The summed E-state index contributed by atoms with van der Waals surface area (Å²) in [6, 6.07) is 2.86. The van der Waals surface area contributed by atoms with Crippen molar-refractivity contribution in [2.45, 2.75) is 6.54 Å². The number of imide groups is 2. The van der Waals surface area contributed by atoms with E-state index in [2.05, 4.69) is 6.58 Å². The number of carbonyl (C=O) groups excluding carboxylic acids is 3. The van der Waals surface area contributed by atoms with Crippen molar-refractivity contribution in [1.82, 2.24) is 9.80 Å². The predicted octanol–water partition coefficient (Wildman–Crippen LogP) is 1.96. The third-order valence-electron chi connectivity index (χ3n) is 2.79. The number of rotatable bonds is 4. The molecule has 1 aliphatic rings. The first kappa shape index (κ1) is 14.2. The summed E-state index contributed by atoms with van der Waals surface area (Å²) >= 11 is 5.83. The van der Waals surface area contributed by atoms with Crippen molar-refractivity contribution < 1.29 is 18.8 Å². The lowest BCUT2D eigenvalue weighted by molar-refractivity contribution is -0.143. The molecule has 104 valence electrons. The maximum absolute atomic E-state index is 12.9. The van der Waals surface area contributed by atoms with Crippen molar-refractivity contribution in [2.24, 2.45) is 0 Å². The van der Waals surface area contributed by atoms with Crippen LogP contribution >= 0.6 is 11.6 Å². The molecule has 1 saturated heterocycles. The molecule has 7 heteroatoms. The highest BCUT2D eigenvalue weighted by molar-refractivity contribution is 6.44. The van der Waals surface area contributed by atoms with Crippen LogP contribution < -0.4 is 0 Å². The predicted molar refractivity (Wildman–Crippen MR) is 69.3 cm³/mol. The van der Waals surface area contributed by atoms with Gasteiger partial charge in [-0.05, 0) is 17.7 Å². The first-order chi connectivity index (χ1) is 9.45. The molecule has 0 aliphatic carbocycles. The van der Waals surface area contributed by atoms with Crippen LogP contribution in [0.25, 0.3) is 0 Å². The van der Waals surface area contributed by atoms with Crippen molar-refractivity contribution in [3.63, 3.8) is 0 Å². The van der Waals surface area contributed by atoms with E-state index in [0.717, 1.165) is 21.9 Å².